The Morgan fingerprint density at radius 1 is 1.00 bits per heavy atom. The van der Waals surface area contributed by atoms with Crippen molar-refractivity contribution in [1.82, 2.24) is 0 Å². The van der Waals surface area contributed by atoms with Gasteiger partial charge >= 0.3 is 11.9 Å². The molecule has 1 heterocycles. The first-order valence-electron chi connectivity index (χ1n) is 9.88. The van der Waals surface area contributed by atoms with E-state index in [0.29, 0.717) is 11.1 Å². The van der Waals surface area contributed by atoms with Gasteiger partial charge in [-0.25, -0.2) is 0 Å². The lowest BCUT2D eigenvalue weighted by molar-refractivity contribution is -0.155. The predicted octanol–water partition coefficient (Wildman–Crippen LogP) is 2.38. The molecule has 9 heteroatoms. The minimum absolute atomic E-state index is 0.00208. The number of hydrogen-bond donors (Lipinski definition) is 1. The van der Waals surface area contributed by atoms with E-state index in [-0.39, 0.29) is 39.0 Å². The highest BCUT2D eigenvalue weighted by atomic mass is 31.2. The summed E-state index contributed by atoms with van der Waals surface area (Å²) >= 11 is 0. The molecule has 0 saturated carbocycles. The minimum atomic E-state index is -3.56. The Hall–Kier alpha value is -2.67. The van der Waals surface area contributed by atoms with E-state index < -0.39 is 25.2 Å². The lowest BCUT2D eigenvalue weighted by atomic mass is 10.0. The number of carbonyl (C=O) groups is 2. The summed E-state index contributed by atoms with van der Waals surface area (Å²) in [7, 11) is -2.08. The van der Waals surface area contributed by atoms with Gasteiger partial charge < -0.3 is 23.8 Å². The highest BCUT2D eigenvalue weighted by Crippen LogP contribution is 2.55. The van der Waals surface area contributed by atoms with Crippen LogP contribution in [0, 0.1) is 5.92 Å². The fourth-order valence-electron chi connectivity index (χ4n) is 3.39. The van der Waals surface area contributed by atoms with E-state index in [1.807, 2.05) is 24.3 Å². The van der Waals surface area contributed by atoms with E-state index in [1.54, 1.807) is 24.3 Å². The van der Waals surface area contributed by atoms with Gasteiger partial charge in [-0.15, -0.1) is 0 Å². The second-order valence-corrected chi connectivity index (χ2v) is 9.34. The Balaban J connectivity index is 1.89. The van der Waals surface area contributed by atoms with Gasteiger partial charge in [0.25, 0.3) is 7.37 Å². The van der Waals surface area contributed by atoms with Crippen molar-refractivity contribution in [3.8, 4) is 16.9 Å². The molecule has 0 aliphatic carbocycles. The van der Waals surface area contributed by atoms with Crippen molar-refractivity contribution in [2.24, 2.45) is 5.92 Å². The molecule has 31 heavy (non-hydrogen) atoms. The van der Waals surface area contributed by atoms with Crippen molar-refractivity contribution in [3.63, 3.8) is 0 Å². The normalized spacial score (nSPS) is 17.6. The summed E-state index contributed by atoms with van der Waals surface area (Å²) in [5.74, 6) is -1.97. The molecule has 2 unspecified atom stereocenters. The standard InChI is InChI=1S/C22H25O8P/c1-27-12-13-29-22(25)16(14-21(24)28-11-10-23)15-31(26)20-9-5-3-7-18(20)17-6-2-4-8-19(17)30-31/h2-9,16,23H,10-15H2,1H3. The maximum absolute atomic E-state index is 14.0. The van der Waals surface area contributed by atoms with Crippen molar-refractivity contribution in [3.05, 3.63) is 48.5 Å². The summed E-state index contributed by atoms with van der Waals surface area (Å²) < 4.78 is 34.9. The molecule has 0 spiro atoms. The van der Waals surface area contributed by atoms with Crippen LogP contribution in [0.15, 0.2) is 48.5 Å². The first kappa shape index (κ1) is 23.0. The number of hydrogen-bond acceptors (Lipinski definition) is 8. The highest BCUT2D eigenvalue weighted by molar-refractivity contribution is 7.67. The van der Waals surface area contributed by atoms with Crippen LogP contribution in [0.25, 0.3) is 11.1 Å². The highest BCUT2D eigenvalue weighted by Gasteiger charge is 2.41. The Morgan fingerprint density at radius 3 is 2.45 bits per heavy atom. The van der Waals surface area contributed by atoms with Crippen LogP contribution in [0.1, 0.15) is 6.42 Å². The number of para-hydroxylation sites is 1. The summed E-state index contributed by atoms with van der Waals surface area (Å²) in [4.78, 5) is 24.8. The smallest absolute Gasteiger partial charge is 0.310 e. The number of rotatable bonds is 10. The number of fused-ring (bicyclic) bond motifs is 3. The van der Waals surface area contributed by atoms with Crippen molar-refractivity contribution < 1.29 is 38.0 Å². The van der Waals surface area contributed by atoms with E-state index in [1.165, 1.54) is 7.11 Å². The molecule has 1 aliphatic rings. The predicted molar refractivity (Wildman–Crippen MR) is 114 cm³/mol. The third-order valence-electron chi connectivity index (χ3n) is 4.79. The molecule has 3 rings (SSSR count). The molecule has 2 aromatic carbocycles. The summed E-state index contributed by atoms with van der Waals surface area (Å²) in [6.45, 7) is -0.324. The van der Waals surface area contributed by atoms with E-state index >= 15 is 0 Å². The Morgan fingerprint density at radius 2 is 1.71 bits per heavy atom. The van der Waals surface area contributed by atoms with Crippen LogP contribution in [0.4, 0.5) is 0 Å². The number of esters is 2. The van der Waals surface area contributed by atoms with E-state index in [4.69, 9.17) is 23.8 Å². The van der Waals surface area contributed by atoms with Crippen LogP contribution >= 0.6 is 7.37 Å². The van der Waals surface area contributed by atoms with Gasteiger partial charge in [-0.3, -0.25) is 14.2 Å². The Kier molecular flexibility index (Phi) is 7.85. The minimum Gasteiger partial charge on any atom is -0.463 e. The van der Waals surface area contributed by atoms with Crippen LogP contribution in [0.5, 0.6) is 5.75 Å². The first-order valence-corrected chi connectivity index (χ1v) is 11.7. The lowest BCUT2D eigenvalue weighted by Gasteiger charge is -2.30. The van der Waals surface area contributed by atoms with E-state index in [2.05, 4.69) is 0 Å². The number of aliphatic hydroxyl groups is 1. The van der Waals surface area contributed by atoms with Gasteiger partial charge in [0.2, 0.25) is 0 Å². The molecule has 0 amide bonds. The summed E-state index contributed by atoms with van der Waals surface area (Å²) in [5, 5.41) is 9.35. The molecule has 2 aromatic rings. The molecule has 0 bridgehead atoms. The van der Waals surface area contributed by atoms with Crippen molar-refractivity contribution in [1.29, 1.82) is 0 Å². The van der Waals surface area contributed by atoms with Crippen molar-refractivity contribution >= 4 is 24.6 Å². The second kappa shape index (κ2) is 10.6. The van der Waals surface area contributed by atoms with Gasteiger partial charge in [0.05, 0.1) is 37.0 Å². The molecule has 0 radical (unpaired) electrons. The van der Waals surface area contributed by atoms with Gasteiger partial charge in [-0.05, 0) is 17.7 Å². The SMILES string of the molecule is COCCOC(=O)C(CC(=O)OCCO)CP1(=O)Oc2ccccc2-c2ccccc21. The average molecular weight is 448 g/mol. The second-order valence-electron chi connectivity index (χ2n) is 6.97. The van der Waals surface area contributed by atoms with Gasteiger partial charge in [-0.1, -0.05) is 36.4 Å². The molecule has 1 aliphatic heterocycles. The molecule has 0 fully saturated rings. The summed E-state index contributed by atoms with van der Waals surface area (Å²) in [6, 6.07) is 14.4. The largest absolute Gasteiger partial charge is 0.463 e. The molecular formula is C22H25O8P. The maximum Gasteiger partial charge on any atom is 0.310 e. The summed E-state index contributed by atoms with van der Waals surface area (Å²) in [6.07, 6.45) is -0.568. The fourth-order valence-corrected chi connectivity index (χ4v) is 5.97. The monoisotopic (exact) mass is 448 g/mol. The van der Waals surface area contributed by atoms with Gasteiger partial charge in [0, 0.05) is 12.7 Å². The van der Waals surface area contributed by atoms with Crippen LogP contribution in [0.2, 0.25) is 0 Å². The number of benzene rings is 2. The third kappa shape index (κ3) is 5.53. The van der Waals surface area contributed by atoms with Gasteiger partial charge in [0.15, 0.2) is 0 Å². The molecule has 0 aromatic heterocycles. The molecule has 8 nitrogen and oxygen atoms in total. The number of methoxy groups -OCH3 is 1. The van der Waals surface area contributed by atoms with Crippen LogP contribution < -0.4 is 9.83 Å². The van der Waals surface area contributed by atoms with Crippen LogP contribution in [0.3, 0.4) is 0 Å². The molecular weight excluding hydrogens is 423 g/mol. The van der Waals surface area contributed by atoms with Gasteiger partial charge in [0.1, 0.15) is 19.0 Å². The molecule has 1 N–H and O–H groups in total. The quantitative estimate of drug-likeness (QED) is 0.335. The van der Waals surface area contributed by atoms with E-state index in [9.17, 15) is 14.2 Å². The van der Waals surface area contributed by atoms with Gasteiger partial charge in [-0.2, -0.15) is 0 Å². The number of ether oxygens (including phenoxy) is 3. The number of aliphatic hydroxyl groups excluding tert-OH is 1. The Bertz CT molecular complexity index is 973. The topological polar surface area (TPSA) is 108 Å². The first-order chi connectivity index (χ1) is 15.0. The van der Waals surface area contributed by atoms with E-state index in [0.717, 1.165) is 11.1 Å². The lowest BCUT2D eigenvalue weighted by Crippen LogP contribution is -2.30. The molecule has 0 saturated heterocycles. The zero-order chi connectivity index (χ0) is 22.3. The Labute approximate surface area is 180 Å². The molecule has 2 atom stereocenters. The number of carbonyl (C=O) groups excluding carboxylic acids is 2. The summed E-state index contributed by atoms with van der Waals surface area (Å²) in [5.41, 5.74) is 1.58. The third-order valence-corrected chi connectivity index (χ3v) is 7.32. The average Bonchev–Trinajstić information content (AvgIpc) is 2.77. The molecule has 166 valence electrons. The zero-order valence-corrected chi connectivity index (χ0v) is 18.1. The van der Waals surface area contributed by atoms with Crippen LogP contribution in [-0.2, 0) is 28.4 Å². The fraction of sp³-hybridized carbons (Fsp3) is 0.364. The van der Waals surface area contributed by atoms with Crippen molar-refractivity contribution in [2.75, 3.05) is 39.7 Å². The van der Waals surface area contributed by atoms with Crippen LogP contribution in [-0.4, -0.2) is 56.7 Å². The van der Waals surface area contributed by atoms with Crippen molar-refractivity contribution in [2.45, 2.75) is 6.42 Å². The maximum atomic E-state index is 14.0. The zero-order valence-electron chi connectivity index (χ0n) is 17.2.